The van der Waals surface area contributed by atoms with Gasteiger partial charge in [-0.1, -0.05) is 29.4 Å². The average Bonchev–Trinajstić information content (AvgIpc) is 3.17. The SMILES string of the molecule is CSc1nc2n(Cc3ccc(Cl)nc3)c(C)c/c(=N\c3ccc(C(F)(F)F)cc3)n2n1. The lowest BCUT2D eigenvalue weighted by molar-refractivity contribution is -0.137. The third kappa shape index (κ3) is 4.59. The van der Waals surface area contributed by atoms with Gasteiger partial charge >= 0.3 is 6.18 Å². The molecule has 31 heavy (non-hydrogen) atoms. The number of thioether (sulfide) groups is 1. The summed E-state index contributed by atoms with van der Waals surface area (Å²) in [5.74, 6) is 0.560. The number of nitrogens with zero attached hydrogens (tertiary/aromatic N) is 6. The minimum atomic E-state index is -4.39. The second-order valence-corrected chi connectivity index (χ2v) is 7.85. The Bertz CT molecular complexity index is 1290. The summed E-state index contributed by atoms with van der Waals surface area (Å²) in [7, 11) is 0. The Labute approximate surface area is 184 Å². The summed E-state index contributed by atoms with van der Waals surface area (Å²) in [5, 5.41) is 5.44. The maximum absolute atomic E-state index is 12.8. The molecule has 0 spiro atoms. The molecule has 3 aromatic heterocycles. The Morgan fingerprint density at radius 1 is 1.13 bits per heavy atom. The van der Waals surface area contributed by atoms with Crippen LogP contribution in [0.25, 0.3) is 5.78 Å². The molecule has 0 aliphatic heterocycles. The summed E-state index contributed by atoms with van der Waals surface area (Å²) >= 11 is 7.26. The van der Waals surface area contributed by atoms with Gasteiger partial charge in [0.1, 0.15) is 5.15 Å². The normalized spacial score (nSPS) is 12.6. The molecule has 0 saturated heterocycles. The highest BCUT2D eigenvalue weighted by atomic mass is 35.5. The number of hydrogen-bond acceptors (Lipinski definition) is 5. The van der Waals surface area contributed by atoms with Gasteiger partial charge in [-0.2, -0.15) is 22.7 Å². The molecule has 0 N–H and O–H groups in total. The molecule has 0 saturated carbocycles. The van der Waals surface area contributed by atoms with E-state index in [9.17, 15) is 13.2 Å². The minimum Gasteiger partial charge on any atom is -0.310 e. The smallest absolute Gasteiger partial charge is 0.310 e. The maximum Gasteiger partial charge on any atom is 0.416 e. The molecule has 3 heterocycles. The molecule has 4 rings (SSSR count). The Morgan fingerprint density at radius 2 is 1.87 bits per heavy atom. The van der Waals surface area contributed by atoms with Crippen molar-refractivity contribution in [2.24, 2.45) is 4.99 Å². The Balaban J connectivity index is 1.83. The van der Waals surface area contributed by atoms with Crippen LogP contribution >= 0.6 is 23.4 Å². The Hall–Kier alpha value is -2.85. The van der Waals surface area contributed by atoms with Crippen LogP contribution in [0.4, 0.5) is 18.9 Å². The van der Waals surface area contributed by atoms with Gasteiger partial charge in [0, 0.05) is 18.0 Å². The molecule has 4 aromatic rings. The number of benzene rings is 1. The monoisotopic (exact) mass is 464 g/mol. The van der Waals surface area contributed by atoms with E-state index in [1.807, 2.05) is 29.9 Å². The summed E-state index contributed by atoms with van der Waals surface area (Å²) < 4.78 is 42.0. The first-order valence-corrected chi connectivity index (χ1v) is 10.7. The predicted molar refractivity (Wildman–Crippen MR) is 113 cm³/mol. The van der Waals surface area contributed by atoms with E-state index in [1.165, 1.54) is 23.9 Å². The molecule has 0 aliphatic rings. The quantitative estimate of drug-likeness (QED) is 0.318. The van der Waals surface area contributed by atoms with Gasteiger partial charge in [0.05, 0.1) is 17.8 Å². The van der Waals surface area contributed by atoms with Crippen molar-refractivity contribution in [2.45, 2.75) is 24.8 Å². The van der Waals surface area contributed by atoms with E-state index in [-0.39, 0.29) is 0 Å². The van der Waals surface area contributed by atoms with Crippen LogP contribution < -0.4 is 5.49 Å². The third-order valence-corrected chi connectivity index (χ3v) is 5.30. The molecule has 160 valence electrons. The number of aryl methyl sites for hydroxylation is 1. The number of hydrogen-bond donors (Lipinski definition) is 0. The van der Waals surface area contributed by atoms with Gasteiger partial charge in [-0.3, -0.25) is 0 Å². The zero-order valence-corrected chi connectivity index (χ0v) is 18.0. The van der Waals surface area contributed by atoms with E-state index in [0.29, 0.717) is 33.8 Å². The lowest BCUT2D eigenvalue weighted by atomic mass is 10.2. The average molecular weight is 465 g/mol. The van der Waals surface area contributed by atoms with E-state index >= 15 is 0 Å². The first-order chi connectivity index (χ1) is 14.7. The molecule has 11 heteroatoms. The topological polar surface area (TPSA) is 60.4 Å². The fourth-order valence-electron chi connectivity index (χ4n) is 3.00. The largest absolute Gasteiger partial charge is 0.416 e. The van der Waals surface area contributed by atoms with Crippen LogP contribution in [0.3, 0.4) is 0 Å². The molecule has 6 nitrogen and oxygen atoms in total. The van der Waals surface area contributed by atoms with Gasteiger partial charge in [0.25, 0.3) is 0 Å². The predicted octanol–water partition coefficient (Wildman–Crippen LogP) is 4.91. The summed E-state index contributed by atoms with van der Waals surface area (Å²) in [4.78, 5) is 13.2. The van der Waals surface area contributed by atoms with Crippen molar-refractivity contribution in [1.29, 1.82) is 0 Å². The zero-order valence-electron chi connectivity index (χ0n) is 16.4. The Morgan fingerprint density at radius 3 is 2.48 bits per heavy atom. The lowest BCUT2D eigenvalue weighted by Gasteiger charge is -2.12. The minimum absolute atomic E-state index is 0.384. The second kappa shape index (κ2) is 8.35. The van der Waals surface area contributed by atoms with Crippen molar-refractivity contribution in [2.75, 3.05) is 6.26 Å². The van der Waals surface area contributed by atoms with E-state index in [1.54, 1.807) is 16.8 Å². The molecule has 0 fully saturated rings. The van der Waals surface area contributed by atoms with Crippen molar-refractivity contribution < 1.29 is 13.2 Å². The zero-order chi connectivity index (χ0) is 22.2. The van der Waals surface area contributed by atoms with Gasteiger partial charge < -0.3 is 4.57 Å². The second-order valence-electron chi connectivity index (χ2n) is 6.69. The molecule has 0 radical (unpaired) electrons. The summed E-state index contributed by atoms with van der Waals surface area (Å²) in [6, 6.07) is 10.1. The van der Waals surface area contributed by atoms with Crippen molar-refractivity contribution in [3.63, 3.8) is 0 Å². The fourth-order valence-corrected chi connectivity index (χ4v) is 3.45. The van der Waals surface area contributed by atoms with E-state index in [0.717, 1.165) is 23.4 Å². The third-order valence-electron chi connectivity index (χ3n) is 4.54. The van der Waals surface area contributed by atoms with Gasteiger partial charge in [-0.05, 0) is 49.1 Å². The van der Waals surface area contributed by atoms with Crippen molar-refractivity contribution in [3.05, 3.63) is 76.1 Å². The molecule has 0 amide bonds. The van der Waals surface area contributed by atoms with Crippen LogP contribution in [0.5, 0.6) is 0 Å². The lowest BCUT2D eigenvalue weighted by Crippen LogP contribution is -2.22. The number of aromatic nitrogens is 5. The number of alkyl halides is 3. The van der Waals surface area contributed by atoms with Crippen LogP contribution in [0, 0.1) is 6.92 Å². The van der Waals surface area contributed by atoms with Gasteiger partial charge in [-0.25, -0.2) is 9.98 Å². The van der Waals surface area contributed by atoms with Crippen molar-refractivity contribution in [1.82, 2.24) is 24.1 Å². The highest BCUT2D eigenvalue weighted by molar-refractivity contribution is 7.98. The molecule has 0 aliphatic carbocycles. The molecule has 0 bridgehead atoms. The van der Waals surface area contributed by atoms with E-state index < -0.39 is 11.7 Å². The highest BCUT2D eigenvalue weighted by Crippen LogP contribution is 2.30. The summed E-state index contributed by atoms with van der Waals surface area (Å²) in [6.45, 7) is 2.40. The number of fused-ring (bicyclic) bond motifs is 1. The molecule has 1 aromatic carbocycles. The van der Waals surface area contributed by atoms with Gasteiger partial charge in [0.2, 0.25) is 10.9 Å². The fraction of sp³-hybridized carbons (Fsp3) is 0.200. The van der Waals surface area contributed by atoms with Crippen LogP contribution in [-0.4, -0.2) is 30.4 Å². The van der Waals surface area contributed by atoms with Crippen molar-refractivity contribution >= 4 is 34.8 Å². The standard InChI is InChI=1S/C20H16ClF3N6S/c1-12-9-17(26-15-6-4-14(5-7-15)20(22,23)24)30-19(27-18(28-30)31-2)29(12)11-13-3-8-16(21)25-10-13/h3-10H,11H2,1-2H3/b26-17+. The molecule has 0 atom stereocenters. The Kier molecular flexibility index (Phi) is 5.76. The van der Waals surface area contributed by atoms with Gasteiger partial charge in [-0.15, -0.1) is 5.10 Å². The van der Waals surface area contributed by atoms with Crippen LogP contribution in [-0.2, 0) is 12.7 Å². The first-order valence-electron chi connectivity index (χ1n) is 9.08. The number of pyridine rings is 1. The maximum atomic E-state index is 12.8. The van der Waals surface area contributed by atoms with Crippen LogP contribution in [0.2, 0.25) is 5.15 Å². The van der Waals surface area contributed by atoms with Crippen molar-refractivity contribution in [3.8, 4) is 0 Å². The first kappa shape index (κ1) is 21.4. The summed E-state index contributed by atoms with van der Waals surface area (Å²) in [6.07, 6.45) is -0.838. The number of rotatable bonds is 4. The van der Waals surface area contributed by atoms with E-state index in [2.05, 4.69) is 20.1 Å². The highest BCUT2D eigenvalue weighted by Gasteiger charge is 2.29. The molecular weight excluding hydrogens is 449 g/mol. The van der Waals surface area contributed by atoms with E-state index in [4.69, 9.17) is 11.6 Å². The molecule has 0 unspecified atom stereocenters. The van der Waals surface area contributed by atoms with Crippen LogP contribution in [0.1, 0.15) is 16.8 Å². The van der Waals surface area contributed by atoms with Crippen LogP contribution in [0.15, 0.2) is 58.8 Å². The molecular formula is C20H16ClF3N6S. The summed E-state index contributed by atoms with van der Waals surface area (Å²) in [5.41, 5.74) is 1.91. The van der Waals surface area contributed by atoms with Gasteiger partial charge in [0.15, 0.2) is 5.49 Å². The number of halogens is 4.